The number of amides is 3. The molecule has 3 amide bonds. The van der Waals surface area contributed by atoms with Crippen LogP contribution in [0.1, 0.15) is 16.7 Å². The van der Waals surface area contributed by atoms with E-state index in [1.54, 1.807) is 13.3 Å². The van der Waals surface area contributed by atoms with E-state index in [0.717, 1.165) is 16.7 Å². The third-order valence-electron chi connectivity index (χ3n) is 5.01. The summed E-state index contributed by atoms with van der Waals surface area (Å²) in [6.45, 7) is 2.49. The van der Waals surface area contributed by atoms with Crippen LogP contribution in [-0.4, -0.2) is 53.2 Å². The molecule has 2 atom stereocenters. The Morgan fingerprint density at radius 1 is 1.14 bits per heavy atom. The van der Waals surface area contributed by atoms with Crippen molar-refractivity contribution < 1.29 is 9.59 Å². The second kappa shape index (κ2) is 7.75. The van der Waals surface area contributed by atoms with Gasteiger partial charge in [0, 0.05) is 13.6 Å². The van der Waals surface area contributed by atoms with E-state index in [9.17, 15) is 9.59 Å². The predicted molar refractivity (Wildman–Crippen MR) is 110 cm³/mol. The lowest BCUT2D eigenvalue weighted by Crippen LogP contribution is -2.63. The maximum Gasteiger partial charge on any atom is 0.325 e. The van der Waals surface area contributed by atoms with Crippen LogP contribution in [0.25, 0.3) is 0 Å². The van der Waals surface area contributed by atoms with Crippen LogP contribution in [0.3, 0.4) is 0 Å². The zero-order chi connectivity index (χ0) is 20.4. The summed E-state index contributed by atoms with van der Waals surface area (Å²) < 4.78 is 0. The third-order valence-corrected chi connectivity index (χ3v) is 5.01. The van der Waals surface area contributed by atoms with E-state index < -0.39 is 18.2 Å². The third kappa shape index (κ3) is 3.82. The lowest BCUT2D eigenvalue weighted by Gasteiger charge is -2.36. The molecule has 2 heterocycles. The fraction of sp³-hybridized carbons (Fsp3) is 0.238. The minimum atomic E-state index is -0.617. The van der Waals surface area contributed by atoms with Crippen LogP contribution in [0.4, 0.5) is 4.79 Å². The summed E-state index contributed by atoms with van der Waals surface area (Å²) in [5.41, 5.74) is 6.08. The first-order valence-electron chi connectivity index (χ1n) is 9.35. The van der Waals surface area contributed by atoms with Gasteiger partial charge in [0.25, 0.3) is 5.91 Å². The standard InChI is InChI=1S/C21H22N6O2/c1-14-8-10-16(11-9-14)13-27-17-18(26(2)21(29)24-19(17)28)23-20(27)25-22-12-15-6-4-3-5-7-15/h3-12,17-18H,13H2,1-2H3,(H,23,25)(H,24,28,29)/b22-12+. The molecule has 0 radical (unpaired) electrons. The van der Waals surface area contributed by atoms with Gasteiger partial charge in [-0.2, -0.15) is 5.10 Å². The molecule has 2 aromatic rings. The van der Waals surface area contributed by atoms with Crippen molar-refractivity contribution in [2.45, 2.75) is 25.7 Å². The molecule has 1 fully saturated rings. The summed E-state index contributed by atoms with van der Waals surface area (Å²) in [6.07, 6.45) is 1.08. The lowest BCUT2D eigenvalue weighted by molar-refractivity contribution is -0.127. The van der Waals surface area contributed by atoms with Gasteiger partial charge >= 0.3 is 6.03 Å². The van der Waals surface area contributed by atoms with Crippen molar-refractivity contribution in [2.24, 2.45) is 10.1 Å². The maximum atomic E-state index is 12.6. The van der Waals surface area contributed by atoms with Gasteiger partial charge in [-0.25, -0.2) is 15.2 Å². The Morgan fingerprint density at radius 2 is 1.86 bits per heavy atom. The molecule has 2 unspecified atom stereocenters. The van der Waals surface area contributed by atoms with Crippen LogP contribution in [-0.2, 0) is 11.3 Å². The number of hydrogen-bond acceptors (Lipinski definition) is 6. The minimum Gasteiger partial charge on any atom is -0.321 e. The van der Waals surface area contributed by atoms with Crippen LogP contribution in [0, 0.1) is 6.92 Å². The topological polar surface area (TPSA) is 89.4 Å². The Morgan fingerprint density at radius 3 is 2.59 bits per heavy atom. The van der Waals surface area contributed by atoms with Gasteiger partial charge < -0.3 is 9.80 Å². The number of aryl methyl sites for hydroxylation is 1. The molecule has 2 aromatic carbocycles. The highest BCUT2D eigenvalue weighted by atomic mass is 16.2. The number of nitrogens with zero attached hydrogens (tertiary/aromatic N) is 4. The second-order valence-corrected chi connectivity index (χ2v) is 7.11. The van der Waals surface area contributed by atoms with E-state index in [2.05, 4.69) is 20.8 Å². The molecule has 4 rings (SSSR count). The molecule has 0 saturated carbocycles. The van der Waals surface area contributed by atoms with E-state index in [-0.39, 0.29) is 5.91 Å². The summed E-state index contributed by atoms with van der Waals surface area (Å²) in [5, 5.41) is 6.67. The summed E-state index contributed by atoms with van der Waals surface area (Å²) in [5.74, 6) is 0.0854. The largest absolute Gasteiger partial charge is 0.325 e. The summed E-state index contributed by atoms with van der Waals surface area (Å²) in [7, 11) is 1.63. The van der Waals surface area contributed by atoms with Crippen LogP contribution >= 0.6 is 0 Å². The zero-order valence-electron chi connectivity index (χ0n) is 16.2. The molecular weight excluding hydrogens is 368 g/mol. The number of hydrazone groups is 1. The van der Waals surface area contributed by atoms with Crippen molar-refractivity contribution in [3.63, 3.8) is 0 Å². The molecule has 1 saturated heterocycles. The molecule has 8 nitrogen and oxygen atoms in total. The number of guanidine groups is 1. The Bertz CT molecular complexity index is 970. The number of aliphatic imine (C=N–C) groups is 1. The van der Waals surface area contributed by atoms with E-state index in [4.69, 9.17) is 0 Å². The maximum absolute atomic E-state index is 12.6. The van der Waals surface area contributed by atoms with Gasteiger partial charge in [0.15, 0.2) is 12.2 Å². The van der Waals surface area contributed by atoms with Crippen LogP contribution in [0.5, 0.6) is 0 Å². The zero-order valence-corrected chi connectivity index (χ0v) is 16.2. The minimum absolute atomic E-state index is 0.363. The highest BCUT2D eigenvalue weighted by Crippen LogP contribution is 2.25. The quantitative estimate of drug-likeness (QED) is 0.614. The smallest absolute Gasteiger partial charge is 0.321 e. The van der Waals surface area contributed by atoms with E-state index in [1.807, 2.05) is 66.4 Å². The van der Waals surface area contributed by atoms with Crippen LogP contribution in [0.2, 0.25) is 0 Å². The predicted octanol–water partition coefficient (Wildman–Crippen LogP) is 1.67. The molecule has 2 aliphatic rings. The molecular formula is C21H22N6O2. The fourth-order valence-corrected chi connectivity index (χ4v) is 3.39. The van der Waals surface area contributed by atoms with Crippen molar-refractivity contribution in [2.75, 3.05) is 7.05 Å². The number of rotatable bonds is 4. The molecule has 148 valence electrons. The number of carbonyl (C=O) groups is 2. The fourth-order valence-electron chi connectivity index (χ4n) is 3.39. The first-order chi connectivity index (χ1) is 14.0. The molecule has 0 aliphatic carbocycles. The van der Waals surface area contributed by atoms with E-state index >= 15 is 0 Å². The number of urea groups is 1. The highest BCUT2D eigenvalue weighted by Gasteiger charge is 2.48. The van der Waals surface area contributed by atoms with E-state index in [0.29, 0.717) is 12.5 Å². The van der Waals surface area contributed by atoms with Crippen molar-refractivity contribution in [3.8, 4) is 0 Å². The van der Waals surface area contributed by atoms with Crippen LogP contribution < -0.4 is 10.7 Å². The first-order valence-corrected chi connectivity index (χ1v) is 9.35. The van der Waals surface area contributed by atoms with Gasteiger partial charge in [-0.3, -0.25) is 10.1 Å². The van der Waals surface area contributed by atoms with Crippen molar-refractivity contribution in [1.29, 1.82) is 0 Å². The molecule has 0 bridgehead atoms. The Kier molecular flexibility index (Phi) is 4.99. The van der Waals surface area contributed by atoms with Crippen molar-refractivity contribution >= 4 is 24.1 Å². The molecule has 0 spiro atoms. The number of likely N-dealkylation sites (N-methyl/N-ethyl adjacent to an activating group) is 1. The molecule has 2 N–H and O–H groups in total. The van der Waals surface area contributed by atoms with Gasteiger partial charge in [0.05, 0.1) is 6.21 Å². The van der Waals surface area contributed by atoms with Gasteiger partial charge in [-0.1, -0.05) is 60.2 Å². The van der Waals surface area contributed by atoms with E-state index in [1.165, 1.54) is 4.90 Å². The first kappa shape index (κ1) is 18.7. The summed E-state index contributed by atoms with van der Waals surface area (Å²) >= 11 is 0. The number of fused-ring (bicyclic) bond motifs is 1. The van der Waals surface area contributed by atoms with Gasteiger partial charge in [-0.15, -0.1) is 0 Å². The summed E-state index contributed by atoms with van der Waals surface area (Å²) in [4.78, 5) is 32.5. The van der Waals surface area contributed by atoms with Crippen molar-refractivity contribution in [1.82, 2.24) is 20.5 Å². The van der Waals surface area contributed by atoms with Crippen LogP contribution in [0.15, 0.2) is 64.7 Å². The second-order valence-electron chi connectivity index (χ2n) is 7.11. The highest BCUT2D eigenvalue weighted by molar-refractivity contribution is 6.03. The Labute approximate surface area is 168 Å². The monoisotopic (exact) mass is 390 g/mol. The number of benzene rings is 2. The van der Waals surface area contributed by atoms with Crippen molar-refractivity contribution in [3.05, 3.63) is 71.3 Å². The average Bonchev–Trinajstić information content (AvgIpc) is 3.08. The number of imide groups is 1. The number of nitrogens with one attached hydrogen (secondary N) is 2. The Balaban J connectivity index is 1.60. The SMILES string of the molecule is Cc1ccc(CN2C(N/N=C/c3ccccc3)=NC3C2C(=O)NC(=O)N3C)cc1. The van der Waals surface area contributed by atoms with Gasteiger partial charge in [0.1, 0.15) is 0 Å². The van der Waals surface area contributed by atoms with Gasteiger partial charge in [-0.05, 0) is 18.1 Å². The summed E-state index contributed by atoms with van der Waals surface area (Å²) in [6, 6.07) is 16.7. The normalized spacial score (nSPS) is 21.2. The Hall–Kier alpha value is -3.68. The molecule has 2 aliphatic heterocycles. The average molecular weight is 390 g/mol. The number of hydrogen-bond donors (Lipinski definition) is 2. The molecule has 0 aromatic heterocycles. The number of carbonyl (C=O) groups excluding carboxylic acids is 2. The lowest BCUT2D eigenvalue weighted by atomic mass is 10.1. The molecule has 8 heteroatoms. The molecule has 29 heavy (non-hydrogen) atoms. The van der Waals surface area contributed by atoms with Gasteiger partial charge in [0.2, 0.25) is 5.96 Å².